The summed E-state index contributed by atoms with van der Waals surface area (Å²) < 4.78 is 8.37. The van der Waals surface area contributed by atoms with Gasteiger partial charge in [-0.25, -0.2) is 4.79 Å². The van der Waals surface area contributed by atoms with Crippen molar-refractivity contribution in [1.29, 1.82) is 0 Å². The largest absolute Gasteiger partial charge is 0.494 e. The molecule has 0 aliphatic rings. The molecule has 2 aromatic rings. The SMILES string of the molecule is CCOc1ccc(C(=O)Cn2ccn(C(C)C)c2=O)cc1. The van der Waals surface area contributed by atoms with Crippen LogP contribution in [0.2, 0.25) is 0 Å². The highest BCUT2D eigenvalue weighted by atomic mass is 16.5. The third kappa shape index (κ3) is 3.42. The molecule has 21 heavy (non-hydrogen) atoms. The van der Waals surface area contributed by atoms with E-state index >= 15 is 0 Å². The number of hydrogen-bond donors (Lipinski definition) is 0. The molecular formula is C16H20N2O3. The summed E-state index contributed by atoms with van der Waals surface area (Å²) in [4.78, 5) is 24.3. The van der Waals surface area contributed by atoms with Gasteiger partial charge in [0.1, 0.15) is 5.75 Å². The van der Waals surface area contributed by atoms with E-state index in [0.717, 1.165) is 5.75 Å². The molecule has 0 bridgehead atoms. The molecular weight excluding hydrogens is 268 g/mol. The van der Waals surface area contributed by atoms with Gasteiger partial charge in [0.25, 0.3) is 0 Å². The van der Waals surface area contributed by atoms with Crippen LogP contribution in [0, 0.1) is 0 Å². The number of carbonyl (C=O) groups excluding carboxylic acids is 1. The highest BCUT2D eigenvalue weighted by Crippen LogP contribution is 2.13. The van der Waals surface area contributed by atoms with Crippen LogP contribution in [0.1, 0.15) is 37.2 Å². The fourth-order valence-electron chi connectivity index (χ4n) is 2.09. The summed E-state index contributed by atoms with van der Waals surface area (Å²) in [5.41, 5.74) is 0.409. The number of imidazole rings is 1. The number of Topliss-reactive ketones (excluding diaryl/α,β-unsaturated/α-hetero) is 1. The maximum atomic E-state index is 12.2. The third-order valence-electron chi connectivity index (χ3n) is 3.23. The van der Waals surface area contributed by atoms with E-state index in [1.807, 2.05) is 20.8 Å². The first-order valence-corrected chi connectivity index (χ1v) is 7.06. The Morgan fingerprint density at radius 3 is 2.38 bits per heavy atom. The molecule has 0 spiro atoms. The van der Waals surface area contributed by atoms with Crippen LogP contribution < -0.4 is 10.4 Å². The van der Waals surface area contributed by atoms with E-state index < -0.39 is 0 Å². The number of hydrogen-bond acceptors (Lipinski definition) is 3. The topological polar surface area (TPSA) is 53.2 Å². The Morgan fingerprint density at radius 1 is 1.19 bits per heavy atom. The average Bonchev–Trinajstić information content (AvgIpc) is 2.81. The summed E-state index contributed by atoms with van der Waals surface area (Å²) in [6, 6.07) is 7.05. The molecule has 0 saturated carbocycles. The van der Waals surface area contributed by atoms with Crippen LogP contribution in [0.3, 0.4) is 0 Å². The molecule has 112 valence electrons. The lowest BCUT2D eigenvalue weighted by Crippen LogP contribution is -2.27. The Morgan fingerprint density at radius 2 is 1.86 bits per heavy atom. The van der Waals surface area contributed by atoms with Gasteiger partial charge in [-0.1, -0.05) is 0 Å². The van der Waals surface area contributed by atoms with Crippen molar-refractivity contribution in [2.45, 2.75) is 33.4 Å². The standard InChI is InChI=1S/C16H20N2O3/c1-4-21-14-7-5-13(6-8-14)15(19)11-17-9-10-18(12(2)3)16(17)20/h5-10,12H,4,11H2,1-3H3. The highest BCUT2D eigenvalue weighted by molar-refractivity contribution is 5.95. The predicted molar refractivity (Wildman–Crippen MR) is 81.0 cm³/mol. The van der Waals surface area contributed by atoms with Gasteiger partial charge in [0, 0.05) is 24.0 Å². The molecule has 0 saturated heterocycles. The van der Waals surface area contributed by atoms with Crippen LogP contribution in [-0.4, -0.2) is 21.5 Å². The second kappa shape index (κ2) is 6.43. The minimum Gasteiger partial charge on any atom is -0.494 e. The number of benzene rings is 1. The van der Waals surface area contributed by atoms with Gasteiger partial charge < -0.3 is 4.74 Å². The average molecular weight is 288 g/mol. The fourth-order valence-corrected chi connectivity index (χ4v) is 2.09. The van der Waals surface area contributed by atoms with E-state index in [1.54, 1.807) is 41.2 Å². The van der Waals surface area contributed by atoms with Gasteiger partial charge in [0.15, 0.2) is 5.78 Å². The predicted octanol–water partition coefficient (Wildman–Crippen LogP) is 2.51. The Balaban J connectivity index is 2.12. The lowest BCUT2D eigenvalue weighted by Gasteiger charge is -2.06. The first-order chi connectivity index (χ1) is 10.0. The second-order valence-electron chi connectivity index (χ2n) is 5.09. The maximum absolute atomic E-state index is 12.2. The van der Waals surface area contributed by atoms with E-state index in [4.69, 9.17) is 4.74 Å². The zero-order chi connectivity index (χ0) is 15.4. The van der Waals surface area contributed by atoms with Crippen LogP contribution in [0.15, 0.2) is 41.5 Å². The number of carbonyl (C=O) groups is 1. The van der Waals surface area contributed by atoms with E-state index in [2.05, 4.69) is 0 Å². The van der Waals surface area contributed by atoms with Crippen LogP contribution in [-0.2, 0) is 6.54 Å². The zero-order valence-electron chi connectivity index (χ0n) is 12.6. The van der Waals surface area contributed by atoms with Gasteiger partial charge in [-0.15, -0.1) is 0 Å². The van der Waals surface area contributed by atoms with Crippen molar-refractivity contribution in [2.24, 2.45) is 0 Å². The first kappa shape index (κ1) is 15.1. The van der Waals surface area contributed by atoms with Crippen molar-refractivity contribution in [3.05, 3.63) is 52.7 Å². The normalized spacial score (nSPS) is 10.9. The van der Waals surface area contributed by atoms with E-state index in [-0.39, 0.29) is 24.1 Å². The second-order valence-corrected chi connectivity index (χ2v) is 5.09. The van der Waals surface area contributed by atoms with Crippen molar-refractivity contribution < 1.29 is 9.53 Å². The third-order valence-corrected chi connectivity index (χ3v) is 3.23. The van der Waals surface area contributed by atoms with Gasteiger partial charge in [-0.3, -0.25) is 13.9 Å². The molecule has 1 aromatic carbocycles. The van der Waals surface area contributed by atoms with E-state index in [9.17, 15) is 9.59 Å². The zero-order valence-corrected chi connectivity index (χ0v) is 12.6. The molecule has 0 aliphatic heterocycles. The van der Waals surface area contributed by atoms with Gasteiger partial charge in [0.2, 0.25) is 0 Å². The molecule has 1 heterocycles. The molecule has 0 atom stereocenters. The van der Waals surface area contributed by atoms with Gasteiger partial charge >= 0.3 is 5.69 Å². The Bertz CT molecular complexity index is 666. The molecule has 1 aromatic heterocycles. The van der Waals surface area contributed by atoms with Crippen LogP contribution in [0.25, 0.3) is 0 Å². The summed E-state index contributed by atoms with van der Waals surface area (Å²) in [7, 11) is 0. The van der Waals surface area contributed by atoms with E-state index in [0.29, 0.717) is 12.2 Å². The highest BCUT2D eigenvalue weighted by Gasteiger charge is 2.11. The Hall–Kier alpha value is -2.30. The van der Waals surface area contributed by atoms with Crippen molar-refractivity contribution in [3.8, 4) is 5.75 Å². The fraction of sp³-hybridized carbons (Fsp3) is 0.375. The lowest BCUT2D eigenvalue weighted by molar-refractivity contribution is 0.0970. The number of rotatable bonds is 6. The number of ketones is 1. The number of ether oxygens (including phenoxy) is 1. The summed E-state index contributed by atoms with van der Waals surface area (Å²) in [6.07, 6.45) is 3.35. The lowest BCUT2D eigenvalue weighted by atomic mass is 10.1. The molecule has 0 radical (unpaired) electrons. The van der Waals surface area contributed by atoms with Crippen molar-refractivity contribution in [2.75, 3.05) is 6.61 Å². The summed E-state index contributed by atoms with van der Waals surface area (Å²) in [6.45, 7) is 6.41. The van der Waals surface area contributed by atoms with Gasteiger partial charge in [0.05, 0.1) is 13.2 Å². The molecule has 5 nitrogen and oxygen atoms in total. The monoisotopic (exact) mass is 288 g/mol. The van der Waals surface area contributed by atoms with Crippen LogP contribution in [0.5, 0.6) is 5.75 Å². The smallest absolute Gasteiger partial charge is 0.328 e. The molecule has 0 N–H and O–H groups in total. The summed E-state index contributed by atoms with van der Waals surface area (Å²) in [5.74, 6) is 0.638. The van der Waals surface area contributed by atoms with Crippen molar-refractivity contribution in [1.82, 2.24) is 9.13 Å². The minimum absolute atomic E-state index is 0.0481. The first-order valence-electron chi connectivity index (χ1n) is 7.06. The van der Waals surface area contributed by atoms with Crippen LogP contribution in [0.4, 0.5) is 0 Å². The maximum Gasteiger partial charge on any atom is 0.328 e. The Labute approximate surface area is 123 Å². The minimum atomic E-state index is -0.163. The van der Waals surface area contributed by atoms with Gasteiger partial charge in [-0.2, -0.15) is 0 Å². The van der Waals surface area contributed by atoms with Gasteiger partial charge in [-0.05, 0) is 45.0 Å². The quantitative estimate of drug-likeness (QED) is 0.767. The molecule has 0 amide bonds. The molecule has 2 rings (SSSR count). The van der Waals surface area contributed by atoms with Crippen LogP contribution >= 0.6 is 0 Å². The molecule has 0 fully saturated rings. The van der Waals surface area contributed by atoms with Crippen molar-refractivity contribution in [3.63, 3.8) is 0 Å². The number of aromatic nitrogens is 2. The Kier molecular flexibility index (Phi) is 4.62. The molecule has 0 unspecified atom stereocenters. The van der Waals surface area contributed by atoms with Crippen molar-refractivity contribution >= 4 is 5.78 Å². The molecule has 0 aliphatic carbocycles. The summed E-state index contributed by atoms with van der Waals surface area (Å²) >= 11 is 0. The van der Waals surface area contributed by atoms with E-state index in [1.165, 1.54) is 4.57 Å². The number of nitrogens with zero attached hydrogens (tertiary/aromatic N) is 2. The summed E-state index contributed by atoms with van der Waals surface area (Å²) in [5, 5.41) is 0. The molecule has 5 heteroatoms.